The van der Waals surface area contributed by atoms with Crippen LogP contribution in [0, 0.1) is 29.1 Å². The Morgan fingerprint density at radius 2 is 1.76 bits per heavy atom. The lowest BCUT2D eigenvalue weighted by atomic mass is 9.45. The first-order chi connectivity index (χ1) is 25.8. The number of amides is 2. The molecule has 4 fully saturated rings. The average Bonchev–Trinajstić information content (AvgIpc) is 3.51. The number of ether oxygens (including phenoxy) is 1. The number of likely N-dealkylation sites (N-methyl/N-ethyl adjacent to an activating group) is 1. The zero-order chi connectivity index (χ0) is 38.7. The van der Waals surface area contributed by atoms with E-state index in [1.165, 1.54) is 12.0 Å². The number of rotatable bonds is 15. The number of hydrogen-bond donors (Lipinski definition) is 4. The third-order valence-corrected chi connectivity index (χ3v) is 12.6. The van der Waals surface area contributed by atoms with Crippen LogP contribution in [0.2, 0.25) is 0 Å². The SMILES string of the molecule is COc1c(CN2O[C@@H](CO)[C@@H]([C@H](C)O)[C@H]2C(=O)NC2C[C@@H]3C[C@H]([C@@H]2C)C3(C)C)cccc1-c1cccc(CC(=O)N[C@@H](Cc2ccccc2)CN(C)C)c1. The lowest BCUT2D eigenvalue weighted by Crippen LogP contribution is -2.62. The molecule has 9 atom stereocenters. The van der Waals surface area contributed by atoms with Crippen molar-refractivity contribution in [3.8, 4) is 16.9 Å². The summed E-state index contributed by atoms with van der Waals surface area (Å²) in [5.41, 5.74) is 4.88. The average molecular weight is 741 g/mol. The molecule has 3 aromatic carbocycles. The number of carbonyl (C=O) groups excluding carboxylic acids is 2. The molecule has 0 radical (unpaired) electrons. The van der Waals surface area contributed by atoms with Gasteiger partial charge in [0.25, 0.3) is 0 Å². The molecule has 54 heavy (non-hydrogen) atoms. The third kappa shape index (κ3) is 8.53. The van der Waals surface area contributed by atoms with Crippen molar-refractivity contribution in [2.24, 2.45) is 29.1 Å². The Morgan fingerprint density at radius 3 is 2.41 bits per heavy atom. The van der Waals surface area contributed by atoms with Gasteiger partial charge >= 0.3 is 0 Å². The van der Waals surface area contributed by atoms with Gasteiger partial charge in [-0.25, -0.2) is 0 Å². The summed E-state index contributed by atoms with van der Waals surface area (Å²) in [6.45, 7) is 9.17. The van der Waals surface area contributed by atoms with E-state index in [-0.39, 0.29) is 48.9 Å². The van der Waals surface area contributed by atoms with Gasteiger partial charge in [0, 0.05) is 35.7 Å². The minimum Gasteiger partial charge on any atom is -0.496 e. The molecule has 292 valence electrons. The van der Waals surface area contributed by atoms with Crippen molar-refractivity contribution >= 4 is 11.8 Å². The molecular weight excluding hydrogens is 681 g/mol. The van der Waals surface area contributed by atoms with E-state index in [4.69, 9.17) is 9.57 Å². The van der Waals surface area contributed by atoms with Gasteiger partial charge in [-0.05, 0) is 80.1 Å². The molecule has 2 bridgehead atoms. The van der Waals surface area contributed by atoms with Gasteiger partial charge in [0.2, 0.25) is 11.8 Å². The quantitative estimate of drug-likeness (QED) is 0.175. The highest BCUT2D eigenvalue weighted by atomic mass is 16.7. The number of para-hydroxylation sites is 1. The fourth-order valence-electron chi connectivity index (χ4n) is 9.64. The maximum absolute atomic E-state index is 14.2. The van der Waals surface area contributed by atoms with Crippen molar-refractivity contribution in [2.75, 3.05) is 34.4 Å². The molecule has 2 amide bonds. The number of benzene rings is 3. The number of nitrogens with zero attached hydrogens (tertiary/aromatic N) is 2. The number of carbonyl (C=O) groups is 2. The van der Waals surface area contributed by atoms with Gasteiger partial charge in [-0.15, -0.1) is 0 Å². The van der Waals surface area contributed by atoms with Crippen LogP contribution >= 0.6 is 0 Å². The number of methoxy groups -OCH3 is 1. The van der Waals surface area contributed by atoms with Crippen LogP contribution in [0.5, 0.6) is 5.75 Å². The Kier molecular flexibility index (Phi) is 12.5. The molecule has 1 unspecified atom stereocenters. The fraction of sp³-hybridized carbons (Fsp3) is 0.545. The van der Waals surface area contributed by atoms with E-state index in [2.05, 4.69) is 48.4 Å². The van der Waals surface area contributed by atoms with E-state index in [1.807, 2.05) is 74.8 Å². The van der Waals surface area contributed by atoms with Crippen LogP contribution in [0.15, 0.2) is 72.8 Å². The van der Waals surface area contributed by atoms with Crippen LogP contribution in [-0.4, -0.2) is 96.7 Å². The molecule has 3 saturated carbocycles. The molecule has 4 aliphatic rings. The van der Waals surface area contributed by atoms with Gasteiger partial charge in [0.1, 0.15) is 17.9 Å². The second-order valence-electron chi connectivity index (χ2n) is 16.8. The van der Waals surface area contributed by atoms with Crippen LogP contribution in [0.4, 0.5) is 0 Å². The van der Waals surface area contributed by atoms with E-state index in [9.17, 15) is 19.8 Å². The molecule has 4 N–H and O–H groups in total. The molecule has 7 rings (SSSR count). The maximum Gasteiger partial charge on any atom is 0.240 e. The molecule has 0 spiro atoms. The summed E-state index contributed by atoms with van der Waals surface area (Å²) in [6, 6.07) is 23.2. The van der Waals surface area contributed by atoms with Gasteiger partial charge in [-0.3, -0.25) is 14.4 Å². The van der Waals surface area contributed by atoms with Gasteiger partial charge in [-0.2, -0.15) is 5.06 Å². The van der Waals surface area contributed by atoms with Crippen LogP contribution in [0.25, 0.3) is 11.1 Å². The number of aliphatic hydroxyl groups is 2. The number of fused-ring (bicyclic) bond motifs is 2. The highest BCUT2D eigenvalue weighted by molar-refractivity contribution is 5.83. The second-order valence-corrected chi connectivity index (χ2v) is 16.8. The summed E-state index contributed by atoms with van der Waals surface area (Å²) < 4.78 is 6.04. The molecule has 0 aromatic heterocycles. The Hall–Kier alpha value is -3.80. The van der Waals surface area contributed by atoms with Crippen molar-refractivity contribution in [2.45, 2.75) is 90.3 Å². The summed E-state index contributed by atoms with van der Waals surface area (Å²) in [5, 5.41) is 29.5. The maximum atomic E-state index is 14.2. The Labute approximate surface area is 321 Å². The summed E-state index contributed by atoms with van der Waals surface area (Å²) in [5.74, 6) is 1.26. The summed E-state index contributed by atoms with van der Waals surface area (Å²) >= 11 is 0. The molecule has 3 aliphatic carbocycles. The van der Waals surface area contributed by atoms with Crippen LogP contribution < -0.4 is 15.4 Å². The van der Waals surface area contributed by atoms with Crippen molar-refractivity contribution in [1.82, 2.24) is 20.6 Å². The minimum atomic E-state index is -0.885. The summed E-state index contributed by atoms with van der Waals surface area (Å²) in [4.78, 5) is 35.9. The number of aliphatic hydroxyl groups excluding tert-OH is 2. The minimum absolute atomic E-state index is 0.0313. The predicted octanol–water partition coefficient (Wildman–Crippen LogP) is 4.85. The predicted molar refractivity (Wildman–Crippen MR) is 210 cm³/mol. The van der Waals surface area contributed by atoms with E-state index in [0.717, 1.165) is 41.6 Å². The smallest absolute Gasteiger partial charge is 0.240 e. The number of nitrogens with one attached hydrogen (secondary N) is 2. The van der Waals surface area contributed by atoms with Crippen LogP contribution in [0.3, 0.4) is 0 Å². The monoisotopic (exact) mass is 740 g/mol. The molecule has 1 saturated heterocycles. The zero-order valence-electron chi connectivity index (χ0n) is 33.0. The van der Waals surface area contributed by atoms with Gasteiger partial charge in [-0.1, -0.05) is 93.6 Å². The zero-order valence-corrected chi connectivity index (χ0v) is 33.0. The lowest BCUT2D eigenvalue weighted by Gasteiger charge is -2.62. The molecule has 1 heterocycles. The Morgan fingerprint density at radius 1 is 1.04 bits per heavy atom. The molecule has 1 aliphatic heterocycles. The molecular formula is C44H60N4O6. The highest BCUT2D eigenvalue weighted by Crippen LogP contribution is 2.61. The Bertz CT molecular complexity index is 1750. The number of hydroxylamine groups is 2. The second kappa shape index (κ2) is 16.9. The van der Waals surface area contributed by atoms with Crippen LogP contribution in [0.1, 0.15) is 57.2 Å². The largest absolute Gasteiger partial charge is 0.496 e. The first-order valence-corrected chi connectivity index (χ1v) is 19.6. The first kappa shape index (κ1) is 39.9. The number of hydrogen-bond acceptors (Lipinski definition) is 8. The summed E-state index contributed by atoms with van der Waals surface area (Å²) in [7, 11) is 5.64. The Balaban J connectivity index is 1.19. The van der Waals surface area contributed by atoms with Gasteiger partial charge < -0.3 is 30.5 Å². The molecule has 3 aromatic rings. The van der Waals surface area contributed by atoms with E-state index < -0.39 is 24.2 Å². The van der Waals surface area contributed by atoms with E-state index in [1.54, 1.807) is 19.1 Å². The van der Waals surface area contributed by atoms with E-state index >= 15 is 0 Å². The fourth-order valence-corrected chi connectivity index (χ4v) is 9.64. The normalized spacial score (nSPS) is 27.2. The van der Waals surface area contributed by atoms with Crippen molar-refractivity contribution in [3.63, 3.8) is 0 Å². The van der Waals surface area contributed by atoms with Crippen molar-refractivity contribution < 1.29 is 29.4 Å². The third-order valence-electron chi connectivity index (χ3n) is 12.6. The van der Waals surface area contributed by atoms with Crippen LogP contribution in [-0.2, 0) is 33.8 Å². The van der Waals surface area contributed by atoms with E-state index in [0.29, 0.717) is 23.5 Å². The lowest BCUT2D eigenvalue weighted by molar-refractivity contribution is -0.183. The molecule has 10 nitrogen and oxygen atoms in total. The topological polar surface area (TPSA) is 124 Å². The highest BCUT2D eigenvalue weighted by Gasteiger charge is 2.57. The standard InChI is InChI=1S/C44H60N4O6/c1-27-36-22-33(44(36,3)4)23-37(27)46-43(52)41-40(28(2)50)38(26-49)54-48(41)24-32-17-12-18-35(42(32)53-7)31-16-11-15-30(19-31)21-39(51)45-34(25-47(5)6)20-29-13-9-8-10-14-29/h8-19,27-28,33-34,36-38,40-41,49-50H,20-26H2,1-7H3,(H,45,51)(H,46,52)/t27-,28-,33-,34-,36+,37?,38-,40+,41-/m0/s1. The first-order valence-electron chi connectivity index (χ1n) is 19.6. The van der Waals surface area contributed by atoms with Gasteiger partial charge in [0.05, 0.1) is 32.8 Å². The van der Waals surface area contributed by atoms with Crippen molar-refractivity contribution in [1.29, 1.82) is 0 Å². The molecule has 10 heteroatoms. The van der Waals surface area contributed by atoms with Crippen molar-refractivity contribution in [3.05, 3.63) is 89.5 Å². The summed E-state index contributed by atoms with van der Waals surface area (Å²) in [6.07, 6.45) is 1.50. The van der Waals surface area contributed by atoms with Gasteiger partial charge in [0.15, 0.2) is 0 Å².